The number of hydrogen-bond acceptors (Lipinski definition) is 5. The predicted molar refractivity (Wildman–Crippen MR) is 171 cm³/mol. The fourth-order valence-corrected chi connectivity index (χ4v) is 5.39. The van der Waals surface area contributed by atoms with Crippen LogP contribution < -0.4 is 5.32 Å². The predicted octanol–water partition coefficient (Wildman–Crippen LogP) is 8.95. The number of aryl methyl sites for hydroxylation is 1. The van der Waals surface area contributed by atoms with Gasteiger partial charge in [0.15, 0.2) is 11.5 Å². The van der Waals surface area contributed by atoms with Gasteiger partial charge in [-0.1, -0.05) is 122 Å². The molecule has 0 aliphatic carbocycles. The molecule has 0 unspecified atom stereocenters. The Kier molecular flexibility index (Phi) is 13.4. The summed E-state index contributed by atoms with van der Waals surface area (Å²) in [5.41, 5.74) is 3.57. The second kappa shape index (κ2) is 16.7. The monoisotopic (exact) mass is 599 g/mol. The second-order valence-corrected chi connectivity index (χ2v) is 12.8. The van der Waals surface area contributed by atoms with E-state index in [9.17, 15) is 9.59 Å². The lowest BCUT2D eigenvalue weighted by atomic mass is 9.92. The first-order chi connectivity index (χ1) is 20.1. The van der Waals surface area contributed by atoms with Crippen LogP contribution in [0.25, 0.3) is 17.0 Å². The van der Waals surface area contributed by atoms with Crippen molar-refractivity contribution in [3.63, 3.8) is 0 Å². The van der Waals surface area contributed by atoms with Gasteiger partial charge < -0.3 is 10.1 Å². The molecule has 3 aromatic rings. The summed E-state index contributed by atoms with van der Waals surface area (Å²) in [6.45, 7) is 10.8. The van der Waals surface area contributed by atoms with E-state index in [-0.39, 0.29) is 30.1 Å². The van der Waals surface area contributed by atoms with Gasteiger partial charge in [0.1, 0.15) is 5.02 Å². The molecular weight excluding hydrogens is 550 g/mol. The highest BCUT2D eigenvalue weighted by Crippen LogP contribution is 2.32. The number of anilines is 1. The number of carbonyl (C=O) groups is 2. The van der Waals surface area contributed by atoms with Crippen molar-refractivity contribution in [3.05, 3.63) is 34.5 Å². The maximum Gasteiger partial charge on any atom is 0.306 e. The molecule has 1 amide bonds. The summed E-state index contributed by atoms with van der Waals surface area (Å²) in [4.78, 5) is 29.4. The van der Waals surface area contributed by atoms with Crippen molar-refractivity contribution >= 4 is 34.8 Å². The first-order valence-corrected chi connectivity index (χ1v) is 16.2. The molecule has 8 nitrogen and oxygen atoms in total. The number of unbranched alkanes of at least 4 members (excludes halogenated alkanes) is 11. The lowest BCUT2D eigenvalue weighted by Gasteiger charge is -2.16. The zero-order chi connectivity index (χ0) is 30.5. The molecule has 0 atom stereocenters. The normalized spacial score (nSPS) is 11.8. The fourth-order valence-electron chi connectivity index (χ4n) is 4.94. The zero-order valence-corrected chi connectivity index (χ0v) is 27.0. The van der Waals surface area contributed by atoms with Crippen LogP contribution in [0.4, 0.5) is 5.69 Å². The highest BCUT2D eigenvalue weighted by atomic mass is 35.5. The van der Waals surface area contributed by atoms with Crippen molar-refractivity contribution in [1.82, 2.24) is 19.8 Å². The molecule has 2 heterocycles. The molecule has 0 bridgehead atoms. The van der Waals surface area contributed by atoms with Crippen LogP contribution in [-0.4, -0.2) is 38.3 Å². The van der Waals surface area contributed by atoms with E-state index in [4.69, 9.17) is 16.3 Å². The van der Waals surface area contributed by atoms with Gasteiger partial charge in [-0.3, -0.25) is 14.7 Å². The Labute approximate surface area is 256 Å². The third-order valence-electron chi connectivity index (χ3n) is 7.58. The zero-order valence-electron chi connectivity index (χ0n) is 26.3. The number of fused-ring (bicyclic) bond motifs is 1. The number of H-pyrrole nitrogens is 1. The maximum absolute atomic E-state index is 12.6. The van der Waals surface area contributed by atoms with Crippen molar-refractivity contribution in [2.24, 2.45) is 0 Å². The topological polar surface area (TPSA) is 101 Å². The molecule has 0 spiro atoms. The summed E-state index contributed by atoms with van der Waals surface area (Å²) in [5.74, 6) is -0.0664. The number of aromatic amines is 1. The van der Waals surface area contributed by atoms with Crippen LogP contribution in [0, 0.1) is 6.92 Å². The number of halogens is 1. The van der Waals surface area contributed by atoms with Crippen molar-refractivity contribution in [2.75, 3.05) is 11.9 Å². The number of nitrogens with one attached hydrogen (secondary N) is 2. The van der Waals surface area contributed by atoms with Crippen LogP contribution >= 0.6 is 11.6 Å². The molecule has 9 heteroatoms. The number of ether oxygens (including phenoxy) is 1. The van der Waals surface area contributed by atoms with Gasteiger partial charge in [-0.05, 0) is 25.0 Å². The molecular formula is C33H50ClN5O3. The number of benzene rings is 1. The minimum Gasteiger partial charge on any atom is -0.466 e. The number of aromatic nitrogens is 4. The summed E-state index contributed by atoms with van der Waals surface area (Å²) < 4.78 is 6.93. The van der Waals surface area contributed by atoms with Gasteiger partial charge in [0.25, 0.3) is 0 Å². The van der Waals surface area contributed by atoms with Crippen LogP contribution in [-0.2, 0) is 19.7 Å². The van der Waals surface area contributed by atoms with E-state index < -0.39 is 0 Å². The Morgan fingerprint density at radius 1 is 0.952 bits per heavy atom. The number of esters is 1. The number of carbonyl (C=O) groups excluding carboxylic acids is 2. The number of hydrogen-bond donors (Lipinski definition) is 2. The van der Waals surface area contributed by atoms with Crippen molar-refractivity contribution in [2.45, 2.75) is 130 Å². The van der Waals surface area contributed by atoms with E-state index in [2.05, 4.69) is 48.2 Å². The molecule has 2 N–H and O–H groups in total. The molecule has 42 heavy (non-hydrogen) atoms. The summed E-state index contributed by atoms with van der Waals surface area (Å²) in [5, 5.41) is 11.2. The van der Waals surface area contributed by atoms with E-state index in [1.54, 1.807) is 4.63 Å². The molecule has 0 saturated carbocycles. The Bertz CT molecular complexity index is 1290. The highest BCUT2D eigenvalue weighted by molar-refractivity contribution is 6.34. The van der Waals surface area contributed by atoms with Crippen molar-refractivity contribution < 1.29 is 14.3 Å². The van der Waals surface area contributed by atoms with Crippen molar-refractivity contribution in [1.29, 1.82) is 0 Å². The summed E-state index contributed by atoms with van der Waals surface area (Å²) in [6.07, 6.45) is 15.3. The third kappa shape index (κ3) is 10.4. The van der Waals surface area contributed by atoms with E-state index in [0.717, 1.165) is 29.7 Å². The van der Waals surface area contributed by atoms with Gasteiger partial charge in [0.2, 0.25) is 5.91 Å². The summed E-state index contributed by atoms with van der Waals surface area (Å²) in [6, 6.07) is 5.66. The minimum atomic E-state index is -0.331. The molecule has 3 rings (SSSR count). The number of rotatable bonds is 18. The third-order valence-corrected chi connectivity index (χ3v) is 7.94. The van der Waals surface area contributed by atoms with Crippen LogP contribution in [0.2, 0.25) is 5.02 Å². The van der Waals surface area contributed by atoms with Crippen LogP contribution in [0.1, 0.15) is 129 Å². The molecule has 2 aromatic heterocycles. The SMILES string of the molecule is CCCCCCCCCCCCCCOC(=O)CCC(=O)Nc1cc(-c2nc3c(Cl)c(C(C)(C)C)[nH]n3n2)ccc1C. The summed E-state index contributed by atoms with van der Waals surface area (Å²) in [7, 11) is 0. The van der Waals surface area contributed by atoms with E-state index in [1.807, 2.05) is 25.1 Å². The molecule has 0 saturated heterocycles. The quantitative estimate of drug-likeness (QED) is 0.112. The van der Waals surface area contributed by atoms with Gasteiger partial charge >= 0.3 is 5.97 Å². The van der Waals surface area contributed by atoms with E-state index in [0.29, 0.717) is 28.8 Å². The molecule has 0 aliphatic rings. The molecule has 0 fully saturated rings. The Morgan fingerprint density at radius 3 is 2.17 bits per heavy atom. The largest absolute Gasteiger partial charge is 0.466 e. The Morgan fingerprint density at radius 2 is 1.57 bits per heavy atom. The molecule has 1 aromatic carbocycles. The highest BCUT2D eigenvalue weighted by Gasteiger charge is 2.24. The Hall–Kier alpha value is -2.87. The van der Waals surface area contributed by atoms with Crippen LogP contribution in [0.3, 0.4) is 0 Å². The fraction of sp³-hybridized carbons (Fsp3) is 0.636. The molecule has 232 valence electrons. The standard InChI is InChI=1S/C33H50ClN5O3/c1-6-7-8-9-10-11-12-13-14-15-16-17-22-42-28(41)21-20-27(40)35-26-23-25(19-18-24(26)2)31-36-32-29(34)30(33(3,4)5)37-39(32)38-31/h18-19,23,37H,6-17,20-22H2,1-5H3,(H,35,40). The van der Waals surface area contributed by atoms with Gasteiger partial charge in [0.05, 0.1) is 18.7 Å². The number of amides is 1. The van der Waals surface area contributed by atoms with E-state index in [1.165, 1.54) is 64.2 Å². The Balaban J connectivity index is 1.35. The maximum atomic E-state index is 12.6. The summed E-state index contributed by atoms with van der Waals surface area (Å²) >= 11 is 6.57. The second-order valence-electron chi connectivity index (χ2n) is 12.4. The molecule has 0 radical (unpaired) electrons. The van der Waals surface area contributed by atoms with Crippen molar-refractivity contribution in [3.8, 4) is 11.4 Å². The van der Waals surface area contributed by atoms with Crippen LogP contribution in [0.5, 0.6) is 0 Å². The average Bonchev–Trinajstić information content (AvgIpc) is 3.50. The molecule has 0 aliphatic heterocycles. The van der Waals surface area contributed by atoms with E-state index >= 15 is 0 Å². The average molecular weight is 600 g/mol. The number of nitrogens with zero attached hydrogens (tertiary/aromatic N) is 3. The van der Waals surface area contributed by atoms with Gasteiger partial charge in [-0.2, -0.15) is 4.63 Å². The smallest absolute Gasteiger partial charge is 0.306 e. The lowest BCUT2D eigenvalue weighted by molar-refractivity contribution is -0.144. The van der Waals surface area contributed by atoms with Crippen LogP contribution in [0.15, 0.2) is 18.2 Å². The first kappa shape index (κ1) is 33.6. The van der Waals surface area contributed by atoms with Gasteiger partial charge in [-0.25, -0.2) is 4.98 Å². The first-order valence-electron chi connectivity index (χ1n) is 15.8. The van der Waals surface area contributed by atoms with Gasteiger partial charge in [0, 0.05) is 23.1 Å². The van der Waals surface area contributed by atoms with Gasteiger partial charge in [-0.15, -0.1) is 5.10 Å². The minimum absolute atomic E-state index is 0.0603. The lowest BCUT2D eigenvalue weighted by Crippen LogP contribution is -2.15.